The summed E-state index contributed by atoms with van der Waals surface area (Å²) in [7, 11) is 0. The quantitative estimate of drug-likeness (QED) is 0.505. The fourth-order valence-corrected chi connectivity index (χ4v) is 5.58. The fourth-order valence-electron chi connectivity index (χ4n) is 4.90. The Kier molecular flexibility index (Phi) is 8.09. The van der Waals surface area contributed by atoms with Crippen molar-refractivity contribution >= 4 is 41.1 Å². The zero-order chi connectivity index (χ0) is 26.9. The number of aryl methyl sites for hydroxylation is 1. The number of hydrogen-bond donors (Lipinski definition) is 1. The molecule has 0 saturated carbocycles. The molecule has 1 N–H and O–H groups in total. The zero-order valence-corrected chi connectivity index (χ0v) is 23.1. The Morgan fingerprint density at radius 2 is 1.78 bits per heavy atom. The normalized spacial score (nSPS) is 22.2. The van der Waals surface area contributed by atoms with Crippen LogP contribution in [0.5, 0.6) is 5.75 Å². The van der Waals surface area contributed by atoms with Gasteiger partial charge in [0.15, 0.2) is 5.75 Å². The highest BCUT2D eigenvalue weighted by molar-refractivity contribution is 6.37. The predicted octanol–water partition coefficient (Wildman–Crippen LogP) is 5.78. The molecule has 2 saturated heterocycles. The molecule has 0 radical (unpaired) electrons. The van der Waals surface area contributed by atoms with Gasteiger partial charge in [-0.3, -0.25) is 4.79 Å². The van der Waals surface area contributed by atoms with Crippen molar-refractivity contribution in [1.82, 2.24) is 9.88 Å². The summed E-state index contributed by atoms with van der Waals surface area (Å²) in [6.07, 6.45) is 2.52. The fraction of sp³-hybridized carbons (Fsp3) is 0.519. The number of carboxylic acid groups (broad SMARTS) is 1. The molecule has 200 valence electrons. The molecule has 2 fully saturated rings. The minimum atomic E-state index is -0.935. The first-order chi connectivity index (χ1) is 17.4. The van der Waals surface area contributed by atoms with Crippen LogP contribution in [0.4, 0.5) is 10.6 Å². The van der Waals surface area contributed by atoms with Crippen molar-refractivity contribution in [2.45, 2.75) is 58.2 Å². The van der Waals surface area contributed by atoms with E-state index in [-0.39, 0.29) is 18.6 Å². The number of amides is 1. The number of likely N-dealkylation sites (tertiary alicyclic amines) is 1. The molecule has 2 aliphatic heterocycles. The second kappa shape index (κ2) is 11.0. The van der Waals surface area contributed by atoms with Crippen molar-refractivity contribution in [2.75, 3.05) is 31.1 Å². The number of carbonyl (C=O) groups is 2. The van der Waals surface area contributed by atoms with Gasteiger partial charge in [0.2, 0.25) is 0 Å². The van der Waals surface area contributed by atoms with Crippen LogP contribution in [0.25, 0.3) is 0 Å². The average Bonchev–Trinajstić information content (AvgIpc) is 3.29. The molecule has 4 rings (SSSR count). The number of piperidine rings is 1. The summed E-state index contributed by atoms with van der Waals surface area (Å²) in [5.41, 5.74) is 1.19. The molecular weight excluding hydrogens is 517 g/mol. The van der Waals surface area contributed by atoms with Gasteiger partial charge in [-0.05, 0) is 63.4 Å². The lowest BCUT2D eigenvalue weighted by molar-refractivity contribution is -0.144. The summed E-state index contributed by atoms with van der Waals surface area (Å²) in [5.74, 6) is -0.605. The Labute approximate surface area is 227 Å². The topological polar surface area (TPSA) is 92.2 Å². The molecule has 3 atom stereocenters. The zero-order valence-electron chi connectivity index (χ0n) is 21.5. The number of benzene rings is 1. The highest BCUT2D eigenvalue weighted by Crippen LogP contribution is 2.37. The summed E-state index contributed by atoms with van der Waals surface area (Å²) in [5, 5.41) is 10.9. The van der Waals surface area contributed by atoms with E-state index in [2.05, 4.69) is 9.88 Å². The molecule has 0 aliphatic carbocycles. The number of hydrogen-bond acceptors (Lipinski definition) is 6. The summed E-state index contributed by atoms with van der Waals surface area (Å²) in [4.78, 5) is 32.8. The molecule has 0 spiro atoms. The molecule has 8 nitrogen and oxygen atoms in total. The van der Waals surface area contributed by atoms with Crippen LogP contribution in [-0.2, 0) is 9.53 Å². The second-order valence-corrected chi connectivity index (χ2v) is 11.6. The Hall–Kier alpha value is -2.71. The van der Waals surface area contributed by atoms with Crippen LogP contribution >= 0.6 is 23.2 Å². The number of carboxylic acids is 1. The lowest BCUT2D eigenvalue weighted by Gasteiger charge is -2.37. The van der Waals surface area contributed by atoms with Crippen molar-refractivity contribution in [1.29, 1.82) is 0 Å². The Balaban J connectivity index is 1.39. The van der Waals surface area contributed by atoms with Crippen LogP contribution in [0, 0.1) is 12.8 Å². The molecule has 0 bridgehead atoms. The van der Waals surface area contributed by atoms with E-state index in [0.29, 0.717) is 35.3 Å². The molecule has 1 aromatic heterocycles. The first kappa shape index (κ1) is 27.3. The van der Waals surface area contributed by atoms with Crippen molar-refractivity contribution in [3.8, 4) is 5.75 Å². The van der Waals surface area contributed by atoms with E-state index in [1.54, 1.807) is 27.0 Å². The largest absolute Gasteiger partial charge is 0.485 e. The number of rotatable bonds is 5. The number of anilines is 1. The van der Waals surface area contributed by atoms with Gasteiger partial charge in [-0.1, -0.05) is 29.3 Å². The van der Waals surface area contributed by atoms with Crippen molar-refractivity contribution in [3.63, 3.8) is 0 Å². The van der Waals surface area contributed by atoms with E-state index in [1.807, 2.05) is 31.2 Å². The van der Waals surface area contributed by atoms with Crippen LogP contribution < -0.4 is 9.64 Å². The summed E-state index contributed by atoms with van der Waals surface area (Å²) < 4.78 is 11.6. The molecule has 2 aliphatic rings. The van der Waals surface area contributed by atoms with Crippen LogP contribution in [0.2, 0.25) is 10.0 Å². The van der Waals surface area contributed by atoms with Gasteiger partial charge in [0.05, 0.1) is 22.5 Å². The molecule has 3 heterocycles. The molecular formula is C27H33Cl2N3O5. The van der Waals surface area contributed by atoms with E-state index in [0.717, 1.165) is 29.9 Å². The molecule has 2 aromatic rings. The van der Waals surface area contributed by atoms with Gasteiger partial charge in [0, 0.05) is 38.2 Å². The maximum atomic E-state index is 12.5. The van der Waals surface area contributed by atoms with E-state index in [9.17, 15) is 14.7 Å². The van der Waals surface area contributed by atoms with Gasteiger partial charge in [-0.15, -0.1) is 0 Å². The van der Waals surface area contributed by atoms with Gasteiger partial charge < -0.3 is 24.4 Å². The number of nitrogens with zero attached hydrogens (tertiary/aromatic N) is 3. The summed E-state index contributed by atoms with van der Waals surface area (Å²) >= 11 is 12.7. The third kappa shape index (κ3) is 6.60. The summed E-state index contributed by atoms with van der Waals surface area (Å²) in [6.45, 7) is 9.25. The molecule has 37 heavy (non-hydrogen) atoms. The number of pyridine rings is 1. The van der Waals surface area contributed by atoms with E-state index < -0.39 is 23.6 Å². The average molecular weight is 550 g/mol. The highest BCUT2D eigenvalue weighted by atomic mass is 35.5. The monoisotopic (exact) mass is 549 g/mol. The third-order valence-electron chi connectivity index (χ3n) is 6.68. The van der Waals surface area contributed by atoms with Gasteiger partial charge in [-0.2, -0.15) is 0 Å². The van der Waals surface area contributed by atoms with Crippen molar-refractivity contribution < 1.29 is 24.2 Å². The number of aromatic nitrogens is 1. The minimum Gasteiger partial charge on any atom is -0.485 e. The third-order valence-corrected chi connectivity index (χ3v) is 7.24. The van der Waals surface area contributed by atoms with Gasteiger partial charge in [0.25, 0.3) is 0 Å². The summed E-state index contributed by atoms with van der Waals surface area (Å²) in [6, 6.07) is 7.52. The van der Waals surface area contributed by atoms with Gasteiger partial charge in [-0.25, -0.2) is 9.78 Å². The molecule has 10 heteroatoms. The number of ether oxygens (including phenoxy) is 2. The van der Waals surface area contributed by atoms with Crippen LogP contribution in [0.1, 0.15) is 50.7 Å². The van der Waals surface area contributed by atoms with Crippen molar-refractivity contribution in [2.24, 2.45) is 5.92 Å². The number of halogens is 2. The van der Waals surface area contributed by atoms with Gasteiger partial charge in [0.1, 0.15) is 17.5 Å². The molecule has 1 amide bonds. The lowest BCUT2D eigenvalue weighted by Crippen LogP contribution is -2.47. The number of aliphatic carboxylic acids is 1. The Bertz CT molecular complexity index is 1130. The van der Waals surface area contributed by atoms with Crippen molar-refractivity contribution in [3.05, 3.63) is 51.6 Å². The lowest BCUT2D eigenvalue weighted by atomic mass is 9.81. The molecule has 2 unspecified atom stereocenters. The van der Waals surface area contributed by atoms with Gasteiger partial charge >= 0.3 is 12.1 Å². The Morgan fingerprint density at radius 1 is 1.08 bits per heavy atom. The number of carbonyl (C=O) groups excluding carboxylic acids is 1. The second-order valence-electron chi connectivity index (χ2n) is 10.7. The first-order valence-electron chi connectivity index (χ1n) is 12.4. The smallest absolute Gasteiger partial charge is 0.410 e. The standard InChI is InChI=1S/C27H33Cl2N3O5/c1-16-11-21(28)24(22(29)12-16)36-18-7-9-31(14-18)23-6-5-17(13-30-23)19-8-10-32(15-20(19)25(33)34)26(35)37-27(2,3)4/h5-6,11-13,18-20H,7-10,14-15H2,1-4H3,(H,33,34)/t18-,19?,20?/m0/s1. The van der Waals surface area contributed by atoms with E-state index in [1.165, 1.54) is 4.90 Å². The maximum absolute atomic E-state index is 12.5. The maximum Gasteiger partial charge on any atom is 0.410 e. The van der Waals surface area contributed by atoms with Crippen LogP contribution in [0.15, 0.2) is 30.5 Å². The van der Waals surface area contributed by atoms with Crippen LogP contribution in [-0.4, -0.2) is 64.9 Å². The van der Waals surface area contributed by atoms with E-state index >= 15 is 0 Å². The first-order valence-corrected chi connectivity index (χ1v) is 13.2. The molecule has 1 aromatic carbocycles. The highest BCUT2D eigenvalue weighted by Gasteiger charge is 2.38. The SMILES string of the molecule is Cc1cc(Cl)c(O[C@H]2CCN(c3ccc(C4CCN(C(=O)OC(C)(C)C)CC4C(=O)O)cn3)C2)c(Cl)c1. The minimum absolute atomic E-state index is 0.0762. The van der Waals surface area contributed by atoms with Crippen LogP contribution in [0.3, 0.4) is 0 Å². The van der Waals surface area contributed by atoms with E-state index in [4.69, 9.17) is 32.7 Å². The Morgan fingerprint density at radius 3 is 2.38 bits per heavy atom. The predicted molar refractivity (Wildman–Crippen MR) is 143 cm³/mol.